The van der Waals surface area contributed by atoms with Gasteiger partial charge in [0.1, 0.15) is 17.3 Å². The molecule has 1 atom stereocenters. The Hall–Kier alpha value is -2.25. The van der Waals surface area contributed by atoms with Crippen LogP contribution in [-0.2, 0) is 4.79 Å². The highest BCUT2D eigenvalue weighted by Gasteiger charge is 2.28. The zero-order valence-corrected chi connectivity index (χ0v) is 18.6. The number of ether oxygens (including phenoxy) is 1. The van der Waals surface area contributed by atoms with Crippen LogP contribution in [0.1, 0.15) is 5.76 Å². The molecule has 1 unspecified atom stereocenters. The molecule has 1 fully saturated rings. The van der Waals surface area contributed by atoms with Gasteiger partial charge in [-0.05, 0) is 48.5 Å². The molecule has 0 saturated carbocycles. The van der Waals surface area contributed by atoms with Gasteiger partial charge in [0.25, 0.3) is 5.91 Å². The Balaban J connectivity index is 1.51. The Morgan fingerprint density at radius 3 is 2.63 bits per heavy atom. The van der Waals surface area contributed by atoms with E-state index in [1.54, 1.807) is 61.7 Å². The van der Waals surface area contributed by atoms with Crippen LogP contribution in [0.2, 0.25) is 15.1 Å². The molecule has 5 nitrogen and oxygen atoms in total. The van der Waals surface area contributed by atoms with Crippen molar-refractivity contribution in [2.45, 2.75) is 5.50 Å². The number of anilines is 1. The van der Waals surface area contributed by atoms with E-state index in [0.717, 1.165) is 5.56 Å². The van der Waals surface area contributed by atoms with E-state index in [1.165, 1.54) is 11.8 Å². The molecule has 2 heterocycles. The van der Waals surface area contributed by atoms with Gasteiger partial charge in [-0.3, -0.25) is 4.79 Å². The van der Waals surface area contributed by atoms with Crippen LogP contribution in [0.5, 0.6) is 5.75 Å². The van der Waals surface area contributed by atoms with E-state index in [-0.39, 0.29) is 11.4 Å². The number of benzene rings is 2. The summed E-state index contributed by atoms with van der Waals surface area (Å²) in [5.74, 6) is 1.54. The number of furan rings is 1. The van der Waals surface area contributed by atoms with Crippen molar-refractivity contribution >= 4 is 64.2 Å². The van der Waals surface area contributed by atoms with Crippen LogP contribution < -0.4 is 15.4 Å². The van der Waals surface area contributed by atoms with Gasteiger partial charge in [0.15, 0.2) is 5.50 Å². The van der Waals surface area contributed by atoms with E-state index in [0.29, 0.717) is 42.9 Å². The first kappa shape index (κ1) is 21.0. The quantitative estimate of drug-likeness (QED) is 0.406. The first-order chi connectivity index (χ1) is 14.4. The van der Waals surface area contributed by atoms with Crippen molar-refractivity contribution in [1.29, 1.82) is 0 Å². The highest BCUT2D eigenvalue weighted by molar-refractivity contribution is 8.05. The molecular formula is C21H15Cl3N2O3S. The Labute approximate surface area is 192 Å². The fourth-order valence-electron chi connectivity index (χ4n) is 2.89. The second kappa shape index (κ2) is 8.86. The summed E-state index contributed by atoms with van der Waals surface area (Å²) in [6.45, 7) is 0. The smallest absolute Gasteiger partial charge is 0.260 e. The van der Waals surface area contributed by atoms with Crippen LogP contribution in [0.3, 0.4) is 0 Å². The Bertz CT molecular complexity index is 1150. The molecule has 1 aliphatic rings. The molecule has 9 heteroatoms. The maximum absolute atomic E-state index is 12.4. The zero-order valence-electron chi connectivity index (χ0n) is 15.5. The first-order valence-electron chi connectivity index (χ1n) is 8.77. The molecule has 1 aromatic heterocycles. The topological polar surface area (TPSA) is 63.5 Å². The zero-order chi connectivity index (χ0) is 21.3. The molecule has 1 aliphatic heterocycles. The van der Waals surface area contributed by atoms with Crippen molar-refractivity contribution in [2.24, 2.45) is 0 Å². The Morgan fingerprint density at radius 1 is 1.10 bits per heavy atom. The molecule has 0 spiro atoms. The number of carbonyl (C=O) groups excluding carboxylic acids is 1. The number of thioether (sulfide) groups is 1. The molecule has 1 amide bonds. The second-order valence-electron chi connectivity index (χ2n) is 6.30. The van der Waals surface area contributed by atoms with Gasteiger partial charge in [-0.25, -0.2) is 0 Å². The largest absolute Gasteiger partial charge is 0.495 e. The lowest BCUT2D eigenvalue weighted by molar-refractivity contribution is -0.116. The van der Waals surface area contributed by atoms with Crippen LogP contribution in [0.15, 0.2) is 57.9 Å². The molecule has 0 bridgehead atoms. The molecule has 154 valence electrons. The predicted octanol–water partition coefficient (Wildman–Crippen LogP) is 6.52. The Morgan fingerprint density at radius 2 is 1.87 bits per heavy atom. The molecular weight excluding hydrogens is 467 g/mol. The summed E-state index contributed by atoms with van der Waals surface area (Å²) in [7, 11) is 1.57. The van der Waals surface area contributed by atoms with E-state index >= 15 is 0 Å². The van der Waals surface area contributed by atoms with Gasteiger partial charge in [0.05, 0.1) is 22.7 Å². The number of methoxy groups -OCH3 is 1. The van der Waals surface area contributed by atoms with E-state index in [4.69, 9.17) is 44.0 Å². The average molecular weight is 482 g/mol. The summed E-state index contributed by atoms with van der Waals surface area (Å²) in [5, 5.41) is 7.68. The third kappa shape index (κ3) is 4.57. The fraction of sp³-hybridized carbons (Fsp3) is 0.0952. The van der Waals surface area contributed by atoms with Crippen LogP contribution in [0.4, 0.5) is 5.69 Å². The number of rotatable bonds is 5. The van der Waals surface area contributed by atoms with E-state index in [9.17, 15) is 4.79 Å². The number of hydrogen-bond acceptors (Lipinski definition) is 5. The SMILES string of the molecule is COc1ccc(Cl)cc1NC1NC(=O)/C(=C/c2ccc(-c3ccc(Cl)cc3Cl)o2)S1. The number of nitrogens with one attached hydrogen (secondary N) is 2. The minimum Gasteiger partial charge on any atom is -0.495 e. The van der Waals surface area contributed by atoms with E-state index < -0.39 is 0 Å². The highest BCUT2D eigenvalue weighted by Crippen LogP contribution is 2.36. The van der Waals surface area contributed by atoms with Crippen LogP contribution in [0, 0.1) is 0 Å². The van der Waals surface area contributed by atoms with Crippen LogP contribution >= 0.6 is 46.6 Å². The monoisotopic (exact) mass is 480 g/mol. The van der Waals surface area contributed by atoms with Crippen molar-refractivity contribution in [3.63, 3.8) is 0 Å². The molecule has 2 N–H and O–H groups in total. The molecule has 4 rings (SSSR count). The van der Waals surface area contributed by atoms with Crippen molar-refractivity contribution in [3.05, 3.63) is 74.3 Å². The van der Waals surface area contributed by atoms with E-state index in [2.05, 4.69) is 10.6 Å². The van der Waals surface area contributed by atoms with Gasteiger partial charge in [0, 0.05) is 21.7 Å². The lowest BCUT2D eigenvalue weighted by atomic mass is 10.2. The molecule has 30 heavy (non-hydrogen) atoms. The maximum atomic E-state index is 12.4. The molecule has 0 radical (unpaired) electrons. The standard InChI is InChI=1S/C21H15Cl3N2O3S/c1-28-18-6-3-12(23)9-16(18)25-21-26-20(27)19(30-21)10-13-4-7-17(29-13)14-5-2-11(22)8-15(14)24/h2-10,21,25H,1H3,(H,26,27)/b19-10-. The summed E-state index contributed by atoms with van der Waals surface area (Å²) >= 11 is 19.6. The van der Waals surface area contributed by atoms with Gasteiger partial charge >= 0.3 is 0 Å². The van der Waals surface area contributed by atoms with Crippen molar-refractivity contribution in [2.75, 3.05) is 12.4 Å². The van der Waals surface area contributed by atoms with Crippen molar-refractivity contribution < 1.29 is 13.9 Å². The lowest BCUT2D eigenvalue weighted by Gasteiger charge is -2.15. The average Bonchev–Trinajstić information content (AvgIpc) is 3.29. The van der Waals surface area contributed by atoms with Crippen LogP contribution in [0.25, 0.3) is 17.4 Å². The van der Waals surface area contributed by atoms with Gasteiger partial charge in [-0.15, -0.1) is 0 Å². The van der Waals surface area contributed by atoms with Crippen molar-refractivity contribution in [1.82, 2.24) is 5.32 Å². The fourth-order valence-corrected chi connectivity index (χ4v) is 4.52. The molecule has 3 aromatic rings. The number of hydrogen-bond donors (Lipinski definition) is 2. The number of halogens is 3. The summed E-state index contributed by atoms with van der Waals surface area (Å²) in [6.07, 6.45) is 1.68. The first-order valence-corrected chi connectivity index (χ1v) is 10.8. The molecule has 0 aliphatic carbocycles. The van der Waals surface area contributed by atoms with Crippen molar-refractivity contribution in [3.8, 4) is 17.1 Å². The lowest BCUT2D eigenvalue weighted by Crippen LogP contribution is -2.31. The summed E-state index contributed by atoms with van der Waals surface area (Å²) < 4.78 is 11.2. The van der Waals surface area contributed by atoms with E-state index in [1.807, 2.05) is 0 Å². The van der Waals surface area contributed by atoms with Gasteiger partial charge < -0.3 is 19.8 Å². The van der Waals surface area contributed by atoms with Crippen LogP contribution in [-0.4, -0.2) is 18.5 Å². The second-order valence-corrected chi connectivity index (χ2v) is 8.72. The maximum Gasteiger partial charge on any atom is 0.260 e. The summed E-state index contributed by atoms with van der Waals surface area (Å²) in [4.78, 5) is 12.9. The third-order valence-electron chi connectivity index (χ3n) is 4.28. The summed E-state index contributed by atoms with van der Waals surface area (Å²) in [6, 6.07) is 14.0. The normalized spacial score (nSPS) is 17.3. The van der Waals surface area contributed by atoms with Gasteiger partial charge in [-0.1, -0.05) is 46.6 Å². The number of carbonyl (C=O) groups is 1. The summed E-state index contributed by atoms with van der Waals surface area (Å²) in [5.41, 5.74) is 1.03. The Kier molecular flexibility index (Phi) is 6.20. The third-order valence-corrected chi connectivity index (χ3v) is 6.09. The number of amides is 1. The predicted molar refractivity (Wildman–Crippen MR) is 123 cm³/mol. The minimum atomic E-state index is -0.378. The molecule has 2 aromatic carbocycles. The molecule has 1 saturated heterocycles. The highest BCUT2D eigenvalue weighted by atomic mass is 35.5. The minimum absolute atomic E-state index is 0.207. The van der Waals surface area contributed by atoms with Gasteiger partial charge in [0.2, 0.25) is 0 Å². The van der Waals surface area contributed by atoms with Gasteiger partial charge in [-0.2, -0.15) is 0 Å².